The normalized spacial score (nSPS) is 12.8. The molecule has 0 saturated heterocycles. The van der Waals surface area contributed by atoms with Gasteiger partial charge < -0.3 is 9.15 Å². The van der Waals surface area contributed by atoms with Crippen molar-refractivity contribution in [1.29, 1.82) is 0 Å². The maximum atomic E-state index is 6.21. The quantitative estimate of drug-likeness (QED) is 0.623. The SMILES string of the molecule is COCCn1ncc(Cl)c1C(NN)c1occc1C. The zero-order valence-corrected chi connectivity index (χ0v) is 11.6. The first-order valence-electron chi connectivity index (χ1n) is 5.89. The van der Waals surface area contributed by atoms with Gasteiger partial charge in [0.25, 0.3) is 0 Å². The Morgan fingerprint density at radius 3 is 3.00 bits per heavy atom. The average molecular weight is 285 g/mol. The molecule has 1 atom stereocenters. The Bertz CT molecular complexity index is 538. The third-order valence-electron chi connectivity index (χ3n) is 2.94. The minimum absolute atomic E-state index is 0.346. The molecule has 0 radical (unpaired) electrons. The van der Waals surface area contributed by atoms with Crippen LogP contribution in [-0.4, -0.2) is 23.5 Å². The highest BCUT2D eigenvalue weighted by molar-refractivity contribution is 6.31. The summed E-state index contributed by atoms with van der Waals surface area (Å²) in [7, 11) is 1.64. The van der Waals surface area contributed by atoms with Crippen LogP contribution in [0.5, 0.6) is 0 Å². The molecule has 0 amide bonds. The first-order valence-corrected chi connectivity index (χ1v) is 6.27. The topological polar surface area (TPSA) is 78.2 Å². The van der Waals surface area contributed by atoms with Crippen molar-refractivity contribution in [3.8, 4) is 0 Å². The average Bonchev–Trinajstić information content (AvgIpc) is 2.97. The number of nitrogens with zero attached hydrogens (tertiary/aromatic N) is 2. The first kappa shape index (κ1) is 14.1. The van der Waals surface area contributed by atoms with Crippen molar-refractivity contribution in [2.75, 3.05) is 13.7 Å². The van der Waals surface area contributed by atoms with E-state index in [1.54, 1.807) is 24.3 Å². The number of nitrogens with two attached hydrogens (primary N) is 1. The number of aromatic nitrogens is 2. The van der Waals surface area contributed by atoms with Crippen LogP contribution in [0.15, 0.2) is 22.9 Å². The fourth-order valence-corrected chi connectivity index (χ4v) is 2.22. The second-order valence-corrected chi connectivity index (χ2v) is 4.57. The fourth-order valence-electron chi connectivity index (χ4n) is 1.97. The molecule has 0 saturated carbocycles. The molecule has 6 nitrogen and oxygen atoms in total. The molecule has 2 rings (SSSR count). The van der Waals surface area contributed by atoms with Crippen molar-refractivity contribution in [3.05, 3.63) is 40.6 Å². The van der Waals surface area contributed by atoms with Crippen LogP contribution < -0.4 is 11.3 Å². The molecular formula is C12H17ClN4O2. The number of hydrogen-bond donors (Lipinski definition) is 2. The number of furan rings is 1. The number of rotatable bonds is 6. The molecule has 3 N–H and O–H groups in total. The van der Waals surface area contributed by atoms with Crippen molar-refractivity contribution in [3.63, 3.8) is 0 Å². The third kappa shape index (κ3) is 2.82. The van der Waals surface area contributed by atoms with Crippen molar-refractivity contribution in [1.82, 2.24) is 15.2 Å². The van der Waals surface area contributed by atoms with Gasteiger partial charge in [-0.2, -0.15) is 5.10 Å². The van der Waals surface area contributed by atoms with Crippen LogP contribution in [0.2, 0.25) is 5.02 Å². The Kier molecular flexibility index (Phi) is 4.60. The van der Waals surface area contributed by atoms with Gasteiger partial charge in [0, 0.05) is 7.11 Å². The van der Waals surface area contributed by atoms with Crippen molar-refractivity contribution in [2.24, 2.45) is 5.84 Å². The molecule has 2 heterocycles. The van der Waals surface area contributed by atoms with Gasteiger partial charge in [-0.15, -0.1) is 0 Å². The Labute approximate surface area is 116 Å². The number of methoxy groups -OCH3 is 1. The van der Waals surface area contributed by atoms with E-state index >= 15 is 0 Å². The summed E-state index contributed by atoms with van der Waals surface area (Å²) in [6.45, 7) is 3.09. The molecule has 0 aliphatic heterocycles. The van der Waals surface area contributed by atoms with E-state index in [0.717, 1.165) is 17.0 Å². The predicted molar refractivity (Wildman–Crippen MR) is 71.7 cm³/mol. The Hall–Kier alpha value is -1.34. The van der Waals surface area contributed by atoms with Gasteiger partial charge in [-0.25, -0.2) is 5.43 Å². The number of ether oxygens (including phenoxy) is 1. The molecule has 104 valence electrons. The van der Waals surface area contributed by atoms with Gasteiger partial charge in [0.2, 0.25) is 0 Å². The van der Waals surface area contributed by atoms with Gasteiger partial charge in [0.15, 0.2) is 0 Å². The molecule has 2 aromatic heterocycles. The van der Waals surface area contributed by atoms with E-state index in [2.05, 4.69) is 10.5 Å². The maximum Gasteiger partial charge on any atom is 0.131 e. The molecule has 2 aromatic rings. The summed E-state index contributed by atoms with van der Waals surface area (Å²) in [5, 5.41) is 4.77. The number of hydrazine groups is 1. The summed E-state index contributed by atoms with van der Waals surface area (Å²) >= 11 is 6.21. The lowest BCUT2D eigenvalue weighted by Gasteiger charge is -2.17. The zero-order valence-electron chi connectivity index (χ0n) is 10.9. The Balaban J connectivity index is 2.38. The molecule has 1 unspecified atom stereocenters. The van der Waals surface area contributed by atoms with Crippen molar-refractivity contribution < 1.29 is 9.15 Å². The van der Waals surface area contributed by atoms with Gasteiger partial charge >= 0.3 is 0 Å². The lowest BCUT2D eigenvalue weighted by atomic mass is 10.1. The van der Waals surface area contributed by atoms with Crippen LogP contribution in [0.3, 0.4) is 0 Å². The fraction of sp³-hybridized carbons (Fsp3) is 0.417. The van der Waals surface area contributed by atoms with E-state index in [4.69, 9.17) is 26.6 Å². The monoisotopic (exact) mass is 284 g/mol. The summed E-state index contributed by atoms with van der Waals surface area (Å²) in [6, 6.07) is 1.53. The van der Waals surface area contributed by atoms with Crippen LogP contribution in [0.25, 0.3) is 0 Å². The van der Waals surface area contributed by atoms with Gasteiger partial charge in [-0.3, -0.25) is 10.5 Å². The highest BCUT2D eigenvalue weighted by atomic mass is 35.5. The number of halogens is 1. The molecule has 19 heavy (non-hydrogen) atoms. The van der Waals surface area contributed by atoms with Crippen LogP contribution in [0.4, 0.5) is 0 Å². The smallest absolute Gasteiger partial charge is 0.131 e. The summed E-state index contributed by atoms with van der Waals surface area (Å²) < 4.78 is 12.3. The first-order chi connectivity index (χ1) is 9.19. The minimum atomic E-state index is -0.346. The minimum Gasteiger partial charge on any atom is -0.467 e. The van der Waals surface area contributed by atoms with E-state index < -0.39 is 0 Å². The summed E-state index contributed by atoms with van der Waals surface area (Å²) in [4.78, 5) is 0. The summed E-state index contributed by atoms with van der Waals surface area (Å²) in [5.74, 6) is 6.38. The van der Waals surface area contributed by atoms with Crippen LogP contribution in [0.1, 0.15) is 23.1 Å². The molecule has 7 heteroatoms. The van der Waals surface area contributed by atoms with Gasteiger partial charge in [0.05, 0.1) is 36.3 Å². The second-order valence-electron chi connectivity index (χ2n) is 4.16. The maximum absolute atomic E-state index is 6.21. The molecule has 0 aliphatic rings. The number of hydrogen-bond acceptors (Lipinski definition) is 5. The number of nitrogens with one attached hydrogen (secondary N) is 1. The van der Waals surface area contributed by atoms with Crippen molar-refractivity contribution >= 4 is 11.6 Å². The second kappa shape index (κ2) is 6.21. The zero-order chi connectivity index (χ0) is 13.8. The van der Waals surface area contributed by atoms with Gasteiger partial charge in [-0.05, 0) is 18.6 Å². The lowest BCUT2D eigenvalue weighted by Crippen LogP contribution is -2.31. The largest absolute Gasteiger partial charge is 0.467 e. The van der Waals surface area contributed by atoms with Gasteiger partial charge in [-0.1, -0.05) is 11.6 Å². The molecule has 0 bridgehead atoms. The lowest BCUT2D eigenvalue weighted by molar-refractivity contribution is 0.181. The molecule has 0 aliphatic carbocycles. The molecule has 0 aromatic carbocycles. The van der Waals surface area contributed by atoms with Crippen LogP contribution in [-0.2, 0) is 11.3 Å². The predicted octanol–water partition coefficient (Wildman–Crippen LogP) is 1.64. The highest BCUT2D eigenvalue weighted by Crippen LogP contribution is 2.30. The van der Waals surface area contributed by atoms with E-state index in [9.17, 15) is 0 Å². The summed E-state index contributed by atoms with van der Waals surface area (Å²) in [6.07, 6.45) is 3.22. The highest BCUT2D eigenvalue weighted by Gasteiger charge is 2.24. The van der Waals surface area contributed by atoms with E-state index in [-0.39, 0.29) is 6.04 Å². The molecule has 0 spiro atoms. The Morgan fingerprint density at radius 1 is 1.63 bits per heavy atom. The van der Waals surface area contributed by atoms with Crippen LogP contribution >= 0.6 is 11.6 Å². The third-order valence-corrected chi connectivity index (χ3v) is 3.24. The number of aryl methyl sites for hydroxylation is 1. The van der Waals surface area contributed by atoms with E-state index in [0.29, 0.717) is 18.2 Å². The van der Waals surface area contributed by atoms with E-state index in [1.165, 1.54) is 0 Å². The van der Waals surface area contributed by atoms with E-state index in [1.807, 2.05) is 13.0 Å². The van der Waals surface area contributed by atoms with Crippen LogP contribution in [0, 0.1) is 6.92 Å². The molecule has 0 fully saturated rings. The molecular weight excluding hydrogens is 268 g/mol. The van der Waals surface area contributed by atoms with Crippen molar-refractivity contribution in [2.45, 2.75) is 19.5 Å². The Morgan fingerprint density at radius 2 is 2.42 bits per heavy atom. The standard InChI is InChI=1S/C12H17ClN4O2/c1-8-3-5-19-12(8)10(16-14)11-9(13)7-15-17(11)4-6-18-2/h3,5,7,10,16H,4,6,14H2,1-2H3. The summed E-state index contributed by atoms with van der Waals surface area (Å²) in [5.41, 5.74) is 4.49. The van der Waals surface area contributed by atoms with Gasteiger partial charge in [0.1, 0.15) is 11.8 Å².